The Hall–Kier alpha value is -2.47. The Morgan fingerprint density at radius 3 is 1.32 bits per heavy atom. The third-order valence-corrected chi connectivity index (χ3v) is 6.07. The van der Waals surface area contributed by atoms with Crippen molar-refractivity contribution in [1.82, 2.24) is 9.44 Å². The summed E-state index contributed by atoms with van der Waals surface area (Å²) in [7, 11) is -4.02. The number of carbonyl (C=O) groups is 1. The van der Waals surface area contributed by atoms with Crippen LogP contribution in [0.15, 0.2) is 58.3 Å². The quantitative estimate of drug-likeness (QED) is 0.490. The van der Waals surface area contributed by atoms with Crippen LogP contribution in [0.5, 0.6) is 0 Å². The summed E-state index contributed by atoms with van der Waals surface area (Å²) in [6.45, 7) is 9.39. The zero-order chi connectivity index (χ0) is 24.7. The number of hydrogen-bond acceptors (Lipinski definition) is 6. The van der Waals surface area contributed by atoms with Crippen LogP contribution in [-0.2, 0) is 24.8 Å². The molecule has 2 aromatic rings. The lowest BCUT2D eigenvalue weighted by molar-refractivity contribution is -0.114. The number of nitrogens with two attached hydrogens (primary N) is 1. The predicted molar refractivity (Wildman–Crippen MR) is 127 cm³/mol. The standard InChI is InChI=1S/C9H12N2O3S.C7H10N2O2S.2C2H6/c1-7(12)11-8-3-5-9(6-4-8)15(13,14)10-2;1-9-12(10,11)7-4-2-6(8)3-5-7;2*1-2/h3-6,10H,1-2H3,(H,11,12);2-5,9H,8H2,1H3;2*1-2H3. The van der Waals surface area contributed by atoms with Gasteiger partial charge in [-0.15, -0.1) is 0 Å². The molecule has 2 aromatic carbocycles. The van der Waals surface area contributed by atoms with Gasteiger partial charge in [0.15, 0.2) is 0 Å². The van der Waals surface area contributed by atoms with Crippen LogP contribution in [0.3, 0.4) is 0 Å². The van der Waals surface area contributed by atoms with Crippen LogP contribution >= 0.6 is 0 Å². The van der Waals surface area contributed by atoms with Gasteiger partial charge >= 0.3 is 0 Å². The molecule has 0 bridgehead atoms. The fourth-order valence-corrected chi connectivity index (χ4v) is 3.26. The van der Waals surface area contributed by atoms with Gasteiger partial charge in [-0.1, -0.05) is 27.7 Å². The van der Waals surface area contributed by atoms with Crippen LogP contribution in [0.1, 0.15) is 34.6 Å². The van der Waals surface area contributed by atoms with E-state index in [9.17, 15) is 21.6 Å². The highest BCUT2D eigenvalue weighted by Crippen LogP contribution is 2.13. The molecule has 0 saturated carbocycles. The normalized spacial score (nSPS) is 10.2. The van der Waals surface area contributed by atoms with Crippen LogP contribution in [-0.4, -0.2) is 36.8 Å². The Balaban J connectivity index is 0. The van der Waals surface area contributed by atoms with Gasteiger partial charge in [-0.25, -0.2) is 26.3 Å². The van der Waals surface area contributed by atoms with E-state index in [0.29, 0.717) is 11.4 Å². The Bertz CT molecular complexity index is 973. The zero-order valence-corrected chi connectivity index (χ0v) is 20.7. The molecule has 2 rings (SSSR count). The molecule has 31 heavy (non-hydrogen) atoms. The minimum Gasteiger partial charge on any atom is -0.399 e. The van der Waals surface area contributed by atoms with Gasteiger partial charge in [-0.05, 0) is 62.6 Å². The zero-order valence-electron chi connectivity index (χ0n) is 19.1. The summed E-state index contributed by atoms with van der Waals surface area (Å²) in [4.78, 5) is 11.1. The lowest BCUT2D eigenvalue weighted by atomic mass is 10.3. The van der Waals surface area contributed by atoms with Gasteiger partial charge < -0.3 is 11.1 Å². The third-order valence-electron chi connectivity index (χ3n) is 3.21. The molecule has 0 aliphatic carbocycles. The molecule has 0 aliphatic rings. The summed E-state index contributed by atoms with van der Waals surface area (Å²) in [5, 5.41) is 2.55. The molecule has 0 unspecified atom stereocenters. The minimum atomic E-state index is -3.41. The summed E-state index contributed by atoms with van der Waals surface area (Å²) < 4.78 is 49.4. The predicted octanol–water partition coefficient (Wildman–Crippen LogP) is 2.78. The molecule has 11 heteroatoms. The van der Waals surface area contributed by atoms with E-state index in [2.05, 4.69) is 14.8 Å². The number of hydrogen-bond donors (Lipinski definition) is 4. The average Bonchev–Trinajstić information content (AvgIpc) is 2.77. The molecule has 9 nitrogen and oxygen atoms in total. The summed E-state index contributed by atoms with van der Waals surface area (Å²) in [6, 6.07) is 11.9. The number of sulfonamides is 2. The van der Waals surface area contributed by atoms with Crippen molar-refractivity contribution in [1.29, 1.82) is 0 Å². The highest BCUT2D eigenvalue weighted by molar-refractivity contribution is 7.89. The Labute approximate surface area is 186 Å². The maximum atomic E-state index is 11.3. The van der Waals surface area contributed by atoms with Gasteiger partial charge in [-0.2, -0.15) is 0 Å². The fourth-order valence-electron chi connectivity index (χ4n) is 1.80. The topological polar surface area (TPSA) is 147 Å². The maximum Gasteiger partial charge on any atom is 0.240 e. The molecule has 0 aromatic heterocycles. The van der Waals surface area contributed by atoms with Gasteiger partial charge in [0, 0.05) is 18.3 Å². The van der Waals surface area contributed by atoms with E-state index in [1.54, 1.807) is 12.1 Å². The number of carbonyl (C=O) groups excluding carboxylic acids is 1. The number of nitrogen functional groups attached to an aromatic ring is 1. The number of benzene rings is 2. The summed E-state index contributed by atoms with van der Waals surface area (Å²) in [5.74, 6) is -0.195. The molecular formula is C20H34N4O5S2. The molecule has 0 radical (unpaired) electrons. The number of anilines is 2. The van der Waals surface area contributed by atoms with Crippen molar-refractivity contribution in [2.45, 2.75) is 44.4 Å². The molecule has 0 atom stereocenters. The first-order valence-electron chi connectivity index (χ1n) is 9.62. The van der Waals surface area contributed by atoms with Crippen molar-refractivity contribution < 1.29 is 21.6 Å². The maximum absolute atomic E-state index is 11.3. The van der Waals surface area contributed by atoms with E-state index in [1.807, 2.05) is 27.7 Å². The molecule has 5 N–H and O–H groups in total. The molecular weight excluding hydrogens is 440 g/mol. The molecule has 0 spiro atoms. The van der Waals surface area contributed by atoms with Crippen molar-refractivity contribution in [3.05, 3.63) is 48.5 Å². The van der Waals surface area contributed by atoms with E-state index in [1.165, 1.54) is 57.4 Å². The van der Waals surface area contributed by atoms with Crippen LogP contribution in [0, 0.1) is 0 Å². The molecule has 0 aliphatic heterocycles. The van der Waals surface area contributed by atoms with Crippen LogP contribution < -0.4 is 20.5 Å². The van der Waals surface area contributed by atoms with Crippen molar-refractivity contribution in [3.63, 3.8) is 0 Å². The van der Waals surface area contributed by atoms with Crippen molar-refractivity contribution in [3.8, 4) is 0 Å². The second-order valence-electron chi connectivity index (χ2n) is 5.19. The highest BCUT2D eigenvalue weighted by atomic mass is 32.2. The van der Waals surface area contributed by atoms with E-state index in [0.717, 1.165) is 0 Å². The first kappa shape index (κ1) is 30.7. The number of rotatable bonds is 5. The van der Waals surface area contributed by atoms with Gasteiger partial charge in [0.2, 0.25) is 26.0 Å². The second kappa shape index (κ2) is 15.3. The molecule has 0 fully saturated rings. The summed E-state index contributed by atoms with van der Waals surface area (Å²) in [5.41, 5.74) is 6.51. The first-order chi connectivity index (χ1) is 14.5. The first-order valence-corrected chi connectivity index (χ1v) is 12.6. The van der Waals surface area contributed by atoms with Crippen molar-refractivity contribution in [2.24, 2.45) is 0 Å². The monoisotopic (exact) mass is 474 g/mol. The number of nitrogens with one attached hydrogen (secondary N) is 3. The Morgan fingerprint density at radius 1 is 0.710 bits per heavy atom. The van der Waals surface area contributed by atoms with Crippen LogP contribution in [0.4, 0.5) is 11.4 Å². The average molecular weight is 475 g/mol. The number of amides is 1. The van der Waals surface area contributed by atoms with E-state index in [-0.39, 0.29) is 15.7 Å². The van der Waals surface area contributed by atoms with Gasteiger partial charge in [0.05, 0.1) is 9.79 Å². The van der Waals surface area contributed by atoms with Crippen LogP contribution in [0.2, 0.25) is 0 Å². The SMILES string of the molecule is CC.CC.CNS(=O)(=O)c1ccc(N)cc1.CNS(=O)(=O)c1ccc(NC(C)=O)cc1. The second-order valence-corrected chi connectivity index (χ2v) is 8.96. The fraction of sp³-hybridized carbons (Fsp3) is 0.350. The summed E-state index contributed by atoms with van der Waals surface area (Å²) >= 11 is 0. The molecule has 176 valence electrons. The molecule has 0 saturated heterocycles. The third kappa shape index (κ3) is 11.5. The van der Waals surface area contributed by atoms with E-state index >= 15 is 0 Å². The van der Waals surface area contributed by atoms with E-state index < -0.39 is 20.0 Å². The lowest BCUT2D eigenvalue weighted by Gasteiger charge is -2.04. The van der Waals surface area contributed by atoms with Crippen LogP contribution in [0.25, 0.3) is 0 Å². The molecule has 0 heterocycles. The highest BCUT2D eigenvalue weighted by Gasteiger charge is 2.10. The summed E-state index contributed by atoms with van der Waals surface area (Å²) in [6.07, 6.45) is 0. The van der Waals surface area contributed by atoms with Gasteiger partial charge in [0.1, 0.15) is 0 Å². The minimum absolute atomic E-state index is 0.166. The van der Waals surface area contributed by atoms with Gasteiger partial charge in [-0.3, -0.25) is 4.79 Å². The molecule has 1 amide bonds. The van der Waals surface area contributed by atoms with E-state index in [4.69, 9.17) is 5.73 Å². The Kier molecular flexibility index (Phi) is 15.2. The van der Waals surface area contributed by atoms with Gasteiger partial charge in [0.25, 0.3) is 0 Å². The smallest absolute Gasteiger partial charge is 0.240 e. The van der Waals surface area contributed by atoms with Crippen molar-refractivity contribution in [2.75, 3.05) is 25.1 Å². The largest absolute Gasteiger partial charge is 0.399 e. The Morgan fingerprint density at radius 2 is 1.03 bits per heavy atom. The van der Waals surface area contributed by atoms with Crippen molar-refractivity contribution >= 4 is 37.3 Å². The lowest BCUT2D eigenvalue weighted by Crippen LogP contribution is -2.18.